The van der Waals surface area contributed by atoms with Gasteiger partial charge in [0.15, 0.2) is 0 Å². The molecule has 2 rings (SSSR count). The lowest BCUT2D eigenvalue weighted by Gasteiger charge is -2.38. The molecule has 0 radical (unpaired) electrons. The highest BCUT2D eigenvalue weighted by atomic mass is 16.5. The molecule has 4 nitrogen and oxygen atoms in total. The number of carbonyl (C=O) groups excluding carboxylic acids is 1. The Morgan fingerprint density at radius 3 is 2.71 bits per heavy atom. The summed E-state index contributed by atoms with van der Waals surface area (Å²) in [6, 6.07) is 0. The number of hydrogen-bond donors (Lipinski definition) is 2. The third-order valence-corrected chi connectivity index (χ3v) is 3.90. The molecule has 0 unspecified atom stereocenters. The standard InChI is InChI=1S/C13H24N2O2/c1-13(9-14-10-13)17-8-12(16)15-7-6-11-4-2-3-5-11/h11,14H,2-10H2,1H3,(H,15,16). The first-order valence-electron chi connectivity index (χ1n) is 6.79. The predicted octanol–water partition coefficient (Wildman–Crippen LogP) is 1.06. The topological polar surface area (TPSA) is 50.4 Å². The van der Waals surface area contributed by atoms with Gasteiger partial charge in [0.25, 0.3) is 0 Å². The monoisotopic (exact) mass is 240 g/mol. The van der Waals surface area contributed by atoms with Crippen LogP contribution in [-0.2, 0) is 9.53 Å². The van der Waals surface area contributed by atoms with Crippen molar-refractivity contribution >= 4 is 5.91 Å². The van der Waals surface area contributed by atoms with E-state index in [2.05, 4.69) is 10.6 Å². The summed E-state index contributed by atoms with van der Waals surface area (Å²) in [5, 5.41) is 6.09. The molecule has 0 bridgehead atoms. The van der Waals surface area contributed by atoms with Crippen molar-refractivity contribution in [2.75, 3.05) is 26.2 Å². The second kappa shape index (κ2) is 5.83. The maximum atomic E-state index is 11.5. The molecule has 1 heterocycles. The van der Waals surface area contributed by atoms with Crippen LogP contribution in [0.4, 0.5) is 0 Å². The van der Waals surface area contributed by atoms with E-state index in [9.17, 15) is 4.79 Å². The molecule has 1 aliphatic carbocycles. The van der Waals surface area contributed by atoms with Crippen LogP contribution in [0.1, 0.15) is 39.0 Å². The Morgan fingerprint density at radius 2 is 2.12 bits per heavy atom. The summed E-state index contributed by atoms with van der Waals surface area (Å²) in [6.07, 6.45) is 6.55. The molecule has 2 aliphatic rings. The Labute approximate surface area is 103 Å². The minimum atomic E-state index is -0.122. The number of rotatable bonds is 6. The van der Waals surface area contributed by atoms with Gasteiger partial charge in [0.05, 0.1) is 5.60 Å². The second-order valence-electron chi connectivity index (χ2n) is 5.63. The molecule has 4 heteroatoms. The van der Waals surface area contributed by atoms with E-state index in [-0.39, 0.29) is 18.1 Å². The van der Waals surface area contributed by atoms with E-state index in [4.69, 9.17) is 4.74 Å². The summed E-state index contributed by atoms with van der Waals surface area (Å²) in [7, 11) is 0. The molecule has 2 N–H and O–H groups in total. The van der Waals surface area contributed by atoms with Crippen LogP contribution in [0.15, 0.2) is 0 Å². The van der Waals surface area contributed by atoms with Crippen molar-refractivity contribution in [3.63, 3.8) is 0 Å². The lowest BCUT2D eigenvalue weighted by Crippen LogP contribution is -2.59. The molecule has 1 saturated heterocycles. The molecule has 98 valence electrons. The summed E-state index contributed by atoms with van der Waals surface area (Å²) in [4.78, 5) is 11.5. The van der Waals surface area contributed by atoms with E-state index in [1.54, 1.807) is 0 Å². The molecule has 2 fully saturated rings. The van der Waals surface area contributed by atoms with Crippen LogP contribution >= 0.6 is 0 Å². The summed E-state index contributed by atoms with van der Waals surface area (Å²) in [5.41, 5.74) is -0.122. The smallest absolute Gasteiger partial charge is 0.246 e. The molecule has 0 aromatic carbocycles. The van der Waals surface area contributed by atoms with Gasteiger partial charge in [-0.15, -0.1) is 0 Å². The largest absolute Gasteiger partial charge is 0.363 e. The molecule has 0 spiro atoms. The SMILES string of the molecule is CC1(OCC(=O)NCCC2CCCC2)CNC1. The fourth-order valence-electron chi connectivity index (χ4n) is 2.58. The van der Waals surface area contributed by atoms with Crippen LogP contribution in [0.3, 0.4) is 0 Å². The van der Waals surface area contributed by atoms with Crippen molar-refractivity contribution in [3.8, 4) is 0 Å². The summed E-state index contributed by atoms with van der Waals surface area (Å²) >= 11 is 0. The van der Waals surface area contributed by atoms with Crippen LogP contribution in [0.2, 0.25) is 0 Å². The van der Waals surface area contributed by atoms with E-state index < -0.39 is 0 Å². The fourth-order valence-corrected chi connectivity index (χ4v) is 2.58. The number of ether oxygens (including phenoxy) is 1. The molecule has 0 aromatic heterocycles. The Morgan fingerprint density at radius 1 is 1.41 bits per heavy atom. The average Bonchev–Trinajstić information content (AvgIpc) is 2.77. The van der Waals surface area contributed by atoms with Crippen molar-refractivity contribution in [3.05, 3.63) is 0 Å². The van der Waals surface area contributed by atoms with E-state index in [0.717, 1.165) is 32.0 Å². The quantitative estimate of drug-likeness (QED) is 0.730. The van der Waals surface area contributed by atoms with E-state index >= 15 is 0 Å². The number of nitrogens with one attached hydrogen (secondary N) is 2. The van der Waals surface area contributed by atoms with Crippen molar-refractivity contribution in [1.29, 1.82) is 0 Å². The summed E-state index contributed by atoms with van der Waals surface area (Å²) < 4.78 is 5.58. The van der Waals surface area contributed by atoms with Crippen molar-refractivity contribution in [1.82, 2.24) is 10.6 Å². The molecule has 0 aromatic rings. The average molecular weight is 240 g/mol. The van der Waals surface area contributed by atoms with Crippen LogP contribution in [0.5, 0.6) is 0 Å². The zero-order valence-electron chi connectivity index (χ0n) is 10.8. The number of hydrogen-bond acceptors (Lipinski definition) is 3. The van der Waals surface area contributed by atoms with E-state index in [0.29, 0.717) is 0 Å². The van der Waals surface area contributed by atoms with Gasteiger partial charge in [0, 0.05) is 19.6 Å². The molecular weight excluding hydrogens is 216 g/mol. The molecule has 17 heavy (non-hydrogen) atoms. The van der Waals surface area contributed by atoms with Crippen LogP contribution in [0, 0.1) is 5.92 Å². The van der Waals surface area contributed by atoms with Gasteiger partial charge >= 0.3 is 0 Å². The maximum Gasteiger partial charge on any atom is 0.246 e. The van der Waals surface area contributed by atoms with Gasteiger partial charge in [0.1, 0.15) is 6.61 Å². The van der Waals surface area contributed by atoms with Gasteiger partial charge in [0.2, 0.25) is 5.91 Å². The minimum Gasteiger partial charge on any atom is -0.363 e. The Bertz CT molecular complexity index is 258. The third kappa shape index (κ3) is 3.96. The molecule has 1 saturated carbocycles. The van der Waals surface area contributed by atoms with Gasteiger partial charge < -0.3 is 15.4 Å². The lowest BCUT2D eigenvalue weighted by molar-refractivity contribution is -0.135. The number of carbonyl (C=O) groups is 1. The second-order valence-corrected chi connectivity index (χ2v) is 5.63. The molecule has 0 atom stereocenters. The van der Waals surface area contributed by atoms with Gasteiger partial charge in [-0.25, -0.2) is 0 Å². The van der Waals surface area contributed by atoms with E-state index in [1.807, 2.05) is 6.92 Å². The zero-order valence-corrected chi connectivity index (χ0v) is 10.8. The summed E-state index contributed by atoms with van der Waals surface area (Å²) in [5.74, 6) is 0.862. The Hall–Kier alpha value is -0.610. The lowest BCUT2D eigenvalue weighted by atomic mass is 10.0. The Kier molecular flexibility index (Phi) is 4.40. The van der Waals surface area contributed by atoms with Crippen LogP contribution in [0.25, 0.3) is 0 Å². The normalized spacial score (nSPS) is 23.4. The van der Waals surface area contributed by atoms with Gasteiger partial charge in [-0.1, -0.05) is 25.7 Å². The van der Waals surface area contributed by atoms with Crippen molar-refractivity contribution in [2.45, 2.75) is 44.6 Å². The maximum absolute atomic E-state index is 11.5. The molecule has 1 amide bonds. The van der Waals surface area contributed by atoms with Gasteiger partial charge in [-0.3, -0.25) is 4.79 Å². The highest BCUT2D eigenvalue weighted by molar-refractivity contribution is 5.77. The van der Waals surface area contributed by atoms with Crippen LogP contribution < -0.4 is 10.6 Å². The van der Waals surface area contributed by atoms with Crippen LogP contribution in [-0.4, -0.2) is 37.7 Å². The summed E-state index contributed by atoms with van der Waals surface area (Å²) in [6.45, 7) is 4.74. The van der Waals surface area contributed by atoms with Gasteiger partial charge in [-0.05, 0) is 19.3 Å². The Balaban J connectivity index is 1.51. The van der Waals surface area contributed by atoms with E-state index in [1.165, 1.54) is 25.7 Å². The fraction of sp³-hybridized carbons (Fsp3) is 0.923. The first kappa shape index (κ1) is 12.8. The molecular formula is C13H24N2O2. The highest BCUT2D eigenvalue weighted by Gasteiger charge is 2.32. The minimum absolute atomic E-state index is 0.0242. The van der Waals surface area contributed by atoms with Crippen molar-refractivity contribution in [2.24, 2.45) is 5.92 Å². The highest BCUT2D eigenvalue weighted by Crippen LogP contribution is 2.26. The third-order valence-electron chi connectivity index (χ3n) is 3.90. The first-order chi connectivity index (χ1) is 8.18. The number of amides is 1. The zero-order chi connectivity index (χ0) is 12.1. The predicted molar refractivity (Wildman–Crippen MR) is 66.8 cm³/mol. The first-order valence-corrected chi connectivity index (χ1v) is 6.79. The molecule has 1 aliphatic heterocycles. The van der Waals surface area contributed by atoms with Gasteiger partial charge in [-0.2, -0.15) is 0 Å². The van der Waals surface area contributed by atoms with Crippen molar-refractivity contribution < 1.29 is 9.53 Å².